The number of carbonyl (C=O) groups is 1. The minimum Gasteiger partial charge on any atom is -0.339 e. The summed E-state index contributed by atoms with van der Waals surface area (Å²) in [5.41, 5.74) is 0. The van der Waals surface area contributed by atoms with Gasteiger partial charge in [0.1, 0.15) is 5.82 Å². The molecule has 1 saturated carbocycles. The van der Waals surface area contributed by atoms with Gasteiger partial charge >= 0.3 is 0 Å². The Labute approximate surface area is 136 Å². The standard InChI is InChI=1S/C16H26N4OS/c1-3-13-7-5-6-10-20(13)14(21)11-22-16-18-17-15(12-8-9-12)19(16)4-2/h12-13H,3-11H2,1-2H3. The number of thioether (sulfide) groups is 1. The number of hydrogen-bond acceptors (Lipinski definition) is 4. The molecular weight excluding hydrogens is 296 g/mol. The second-order valence-corrected chi connectivity index (χ2v) is 7.24. The molecule has 1 aromatic heterocycles. The molecule has 1 atom stereocenters. The summed E-state index contributed by atoms with van der Waals surface area (Å²) in [4.78, 5) is 14.6. The van der Waals surface area contributed by atoms with Gasteiger partial charge in [0.05, 0.1) is 5.75 Å². The van der Waals surface area contributed by atoms with Gasteiger partial charge in [-0.3, -0.25) is 4.79 Å². The first kappa shape index (κ1) is 15.8. The Morgan fingerprint density at radius 3 is 2.73 bits per heavy atom. The SMILES string of the molecule is CCC1CCCCN1C(=O)CSc1nnc(C2CC2)n1CC. The second kappa shape index (κ2) is 7.02. The summed E-state index contributed by atoms with van der Waals surface area (Å²) in [5, 5.41) is 9.55. The summed E-state index contributed by atoms with van der Waals surface area (Å²) in [6.07, 6.45) is 7.08. The van der Waals surface area contributed by atoms with Crippen molar-refractivity contribution in [1.29, 1.82) is 0 Å². The van der Waals surface area contributed by atoms with E-state index in [-0.39, 0.29) is 5.91 Å². The second-order valence-electron chi connectivity index (χ2n) is 6.29. The van der Waals surface area contributed by atoms with Crippen LogP contribution in [0, 0.1) is 0 Å². The molecule has 1 unspecified atom stereocenters. The Balaban J connectivity index is 1.61. The molecule has 1 aromatic rings. The third kappa shape index (κ3) is 3.31. The van der Waals surface area contributed by atoms with E-state index < -0.39 is 0 Å². The Hall–Kier alpha value is -1.04. The molecule has 5 nitrogen and oxygen atoms in total. The maximum absolute atomic E-state index is 12.5. The van der Waals surface area contributed by atoms with Gasteiger partial charge < -0.3 is 9.47 Å². The lowest BCUT2D eigenvalue weighted by Gasteiger charge is -2.35. The molecule has 2 aliphatic rings. The molecule has 0 spiro atoms. The van der Waals surface area contributed by atoms with Crippen LogP contribution in [0.1, 0.15) is 64.1 Å². The van der Waals surface area contributed by atoms with Gasteiger partial charge in [-0.2, -0.15) is 0 Å². The predicted molar refractivity (Wildman–Crippen MR) is 88.0 cm³/mol. The fourth-order valence-corrected chi connectivity index (χ4v) is 4.21. The molecule has 3 rings (SSSR count). The first-order valence-electron chi connectivity index (χ1n) is 8.60. The summed E-state index contributed by atoms with van der Waals surface area (Å²) in [7, 11) is 0. The van der Waals surface area contributed by atoms with Gasteiger partial charge in [0.15, 0.2) is 5.16 Å². The van der Waals surface area contributed by atoms with Crippen molar-refractivity contribution in [3.05, 3.63) is 5.82 Å². The van der Waals surface area contributed by atoms with Crippen molar-refractivity contribution in [2.24, 2.45) is 0 Å². The summed E-state index contributed by atoms with van der Waals surface area (Å²) < 4.78 is 2.18. The van der Waals surface area contributed by atoms with Gasteiger partial charge in [0.2, 0.25) is 5.91 Å². The molecule has 2 fully saturated rings. The van der Waals surface area contributed by atoms with Gasteiger partial charge in [-0.15, -0.1) is 10.2 Å². The molecule has 0 radical (unpaired) electrons. The highest BCUT2D eigenvalue weighted by Gasteiger charge is 2.30. The van der Waals surface area contributed by atoms with Gasteiger partial charge in [0.25, 0.3) is 0 Å². The quantitative estimate of drug-likeness (QED) is 0.755. The molecule has 22 heavy (non-hydrogen) atoms. The average molecular weight is 322 g/mol. The minimum absolute atomic E-state index is 0.259. The Kier molecular flexibility index (Phi) is 5.06. The van der Waals surface area contributed by atoms with Crippen LogP contribution in [0.25, 0.3) is 0 Å². The molecule has 1 aliphatic carbocycles. The van der Waals surface area contributed by atoms with E-state index in [2.05, 4.69) is 33.5 Å². The number of aromatic nitrogens is 3. The number of amides is 1. The molecule has 0 N–H and O–H groups in total. The fraction of sp³-hybridized carbons (Fsp3) is 0.812. The molecule has 0 aromatic carbocycles. The van der Waals surface area contributed by atoms with E-state index in [9.17, 15) is 4.79 Å². The molecular formula is C16H26N4OS. The van der Waals surface area contributed by atoms with E-state index >= 15 is 0 Å². The normalized spacial score (nSPS) is 22.1. The van der Waals surface area contributed by atoms with Gasteiger partial charge in [-0.05, 0) is 45.4 Å². The predicted octanol–water partition coefficient (Wildman–Crippen LogP) is 3.06. The van der Waals surface area contributed by atoms with Crippen LogP contribution in [0.5, 0.6) is 0 Å². The number of likely N-dealkylation sites (tertiary alicyclic amines) is 1. The van der Waals surface area contributed by atoms with Crippen LogP contribution in [0.15, 0.2) is 5.16 Å². The van der Waals surface area contributed by atoms with Crippen LogP contribution in [-0.2, 0) is 11.3 Å². The number of hydrogen-bond donors (Lipinski definition) is 0. The number of nitrogens with zero attached hydrogens (tertiary/aromatic N) is 4. The zero-order chi connectivity index (χ0) is 15.5. The Bertz CT molecular complexity index is 526. The number of piperidine rings is 1. The van der Waals surface area contributed by atoms with Gasteiger partial charge in [-0.1, -0.05) is 18.7 Å². The smallest absolute Gasteiger partial charge is 0.233 e. The largest absolute Gasteiger partial charge is 0.339 e. The van der Waals surface area contributed by atoms with Crippen LogP contribution in [0.3, 0.4) is 0 Å². The van der Waals surface area contributed by atoms with Crippen molar-refractivity contribution < 1.29 is 4.79 Å². The van der Waals surface area contributed by atoms with Crippen molar-refractivity contribution >= 4 is 17.7 Å². The lowest BCUT2D eigenvalue weighted by molar-refractivity contribution is -0.132. The van der Waals surface area contributed by atoms with Gasteiger partial charge in [0, 0.05) is 25.0 Å². The summed E-state index contributed by atoms with van der Waals surface area (Å²) >= 11 is 1.55. The highest BCUT2D eigenvalue weighted by Crippen LogP contribution is 2.40. The third-order valence-corrected chi connectivity index (χ3v) is 5.70. The highest BCUT2D eigenvalue weighted by atomic mass is 32.2. The van der Waals surface area contributed by atoms with E-state index in [1.54, 1.807) is 11.8 Å². The number of carbonyl (C=O) groups excluding carboxylic acids is 1. The first-order valence-corrected chi connectivity index (χ1v) is 9.58. The summed E-state index contributed by atoms with van der Waals surface area (Å²) in [6.45, 7) is 6.11. The van der Waals surface area contributed by atoms with Crippen LogP contribution in [-0.4, -0.2) is 43.9 Å². The summed E-state index contributed by atoms with van der Waals surface area (Å²) in [5.74, 6) is 2.46. The van der Waals surface area contributed by atoms with Crippen LogP contribution in [0.4, 0.5) is 0 Å². The Morgan fingerprint density at radius 1 is 1.23 bits per heavy atom. The van der Waals surface area contributed by atoms with Crippen molar-refractivity contribution in [1.82, 2.24) is 19.7 Å². The molecule has 0 bridgehead atoms. The lowest BCUT2D eigenvalue weighted by Crippen LogP contribution is -2.44. The average Bonchev–Trinajstić information content (AvgIpc) is 3.32. The molecule has 2 heterocycles. The van der Waals surface area contributed by atoms with E-state index in [0.717, 1.165) is 43.3 Å². The van der Waals surface area contributed by atoms with Gasteiger partial charge in [-0.25, -0.2) is 0 Å². The van der Waals surface area contributed by atoms with E-state index in [0.29, 0.717) is 17.7 Å². The molecule has 122 valence electrons. The van der Waals surface area contributed by atoms with Crippen LogP contribution in [0.2, 0.25) is 0 Å². The van der Waals surface area contributed by atoms with Crippen molar-refractivity contribution in [2.45, 2.75) is 76.0 Å². The van der Waals surface area contributed by atoms with Crippen molar-refractivity contribution in [3.8, 4) is 0 Å². The highest BCUT2D eigenvalue weighted by molar-refractivity contribution is 7.99. The topological polar surface area (TPSA) is 51.0 Å². The Morgan fingerprint density at radius 2 is 2.05 bits per heavy atom. The maximum atomic E-state index is 12.5. The summed E-state index contributed by atoms with van der Waals surface area (Å²) in [6, 6.07) is 0.438. The lowest BCUT2D eigenvalue weighted by atomic mass is 10.0. The van der Waals surface area contributed by atoms with E-state index in [1.165, 1.54) is 19.3 Å². The fourth-order valence-electron chi connectivity index (χ4n) is 3.31. The minimum atomic E-state index is 0.259. The van der Waals surface area contributed by atoms with Crippen LogP contribution >= 0.6 is 11.8 Å². The number of rotatable bonds is 6. The first-order chi connectivity index (χ1) is 10.7. The monoisotopic (exact) mass is 322 g/mol. The van der Waals surface area contributed by atoms with E-state index in [1.807, 2.05) is 0 Å². The molecule has 1 aliphatic heterocycles. The maximum Gasteiger partial charge on any atom is 0.233 e. The van der Waals surface area contributed by atoms with Crippen molar-refractivity contribution in [3.63, 3.8) is 0 Å². The van der Waals surface area contributed by atoms with Crippen LogP contribution < -0.4 is 0 Å². The zero-order valence-electron chi connectivity index (χ0n) is 13.6. The third-order valence-electron chi connectivity index (χ3n) is 4.75. The molecule has 6 heteroatoms. The van der Waals surface area contributed by atoms with E-state index in [4.69, 9.17) is 0 Å². The molecule has 1 amide bonds. The zero-order valence-corrected chi connectivity index (χ0v) is 14.4. The molecule has 1 saturated heterocycles. The van der Waals surface area contributed by atoms with Crippen molar-refractivity contribution in [2.75, 3.05) is 12.3 Å².